The number of allylic oxidation sites excluding steroid dienone is 2. The largest absolute Gasteiger partial charge is 0.299 e. The monoisotopic (exact) mass is 188 g/mol. The Kier molecular flexibility index (Phi) is 0.957. The van der Waals surface area contributed by atoms with Crippen LogP contribution in [0.25, 0.3) is 0 Å². The van der Waals surface area contributed by atoms with E-state index >= 15 is 0 Å². The lowest BCUT2D eigenvalue weighted by molar-refractivity contribution is -0.123. The molecule has 0 N–H and O–H groups in total. The van der Waals surface area contributed by atoms with Gasteiger partial charge in [-0.3, -0.25) is 4.79 Å². The third kappa shape index (κ3) is 0.433. The summed E-state index contributed by atoms with van der Waals surface area (Å²) in [7, 11) is 0. The first kappa shape index (κ1) is 7.67. The van der Waals surface area contributed by atoms with Gasteiger partial charge in [-0.15, -0.1) is 0 Å². The SMILES string of the molecule is CC1C(=O)C2C34CC=C[C@H]3C[C@H]1[C@]24C. The zero-order valence-electron chi connectivity index (χ0n) is 8.79. The first-order valence-electron chi connectivity index (χ1n) is 5.84. The van der Waals surface area contributed by atoms with Crippen molar-refractivity contribution in [2.45, 2.75) is 26.7 Å². The van der Waals surface area contributed by atoms with Gasteiger partial charge in [0.2, 0.25) is 0 Å². The highest BCUT2D eigenvalue weighted by molar-refractivity contribution is 5.93. The molecule has 4 aliphatic carbocycles. The molecular weight excluding hydrogens is 172 g/mol. The van der Waals surface area contributed by atoms with Crippen LogP contribution in [0.2, 0.25) is 0 Å². The molecule has 74 valence electrons. The molecule has 0 bridgehead atoms. The van der Waals surface area contributed by atoms with Gasteiger partial charge in [0, 0.05) is 11.8 Å². The lowest BCUT2D eigenvalue weighted by Gasteiger charge is -2.20. The summed E-state index contributed by atoms with van der Waals surface area (Å²) in [6.45, 7) is 4.54. The molecule has 0 heterocycles. The average Bonchev–Trinajstić information content (AvgIpc) is 2.47. The van der Waals surface area contributed by atoms with E-state index in [0.29, 0.717) is 34.4 Å². The Balaban J connectivity index is 1.93. The maximum Gasteiger partial charge on any atom is 0.140 e. The smallest absolute Gasteiger partial charge is 0.140 e. The average molecular weight is 188 g/mol. The summed E-state index contributed by atoms with van der Waals surface area (Å²) in [5.74, 6) is 2.83. The second-order valence-corrected chi connectivity index (χ2v) is 6.03. The third-order valence-electron chi connectivity index (χ3n) is 6.14. The van der Waals surface area contributed by atoms with Gasteiger partial charge in [0.25, 0.3) is 0 Å². The van der Waals surface area contributed by atoms with Crippen molar-refractivity contribution in [3.63, 3.8) is 0 Å². The molecule has 0 aromatic rings. The van der Waals surface area contributed by atoms with Crippen molar-refractivity contribution >= 4 is 5.78 Å². The minimum absolute atomic E-state index is 0.356. The molecule has 3 fully saturated rings. The first-order chi connectivity index (χ1) is 6.64. The molecule has 1 nitrogen and oxygen atoms in total. The number of rotatable bonds is 0. The van der Waals surface area contributed by atoms with Crippen molar-refractivity contribution in [2.75, 3.05) is 0 Å². The van der Waals surface area contributed by atoms with E-state index in [4.69, 9.17) is 0 Å². The van der Waals surface area contributed by atoms with E-state index in [1.165, 1.54) is 12.8 Å². The molecule has 3 unspecified atom stereocenters. The fraction of sp³-hybridized carbons (Fsp3) is 0.769. The molecular formula is C13H16O. The van der Waals surface area contributed by atoms with Gasteiger partial charge in [-0.25, -0.2) is 0 Å². The van der Waals surface area contributed by atoms with Gasteiger partial charge in [-0.1, -0.05) is 26.0 Å². The molecule has 14 heavy (non-hydrogen) atoms. The van der Waals surface area contributed by atoms with Crippen molar-refractivity contribution < 1.29 is 4.79 Å². The van der Waals surface area contributed by atoms with E-state index < -0.39 is 0 Å². The highest BCUT2D eigenvalue weighted by atomic mass is 16.1. The molecule has 1 heteroatoms. The molecule has 0 saturated heterocycles. The van der Waals surface area contributed by atoms with Crippen LogP contribution in [0, 0.1) is 34.5 Å². The fourth-order valence-electron chi connectivity index (χ4n) is 5.55. The van der Waals surface area contributed by atoms with Crippen molar-refractivity contribution in [3.05, 3.63) is 12.2 Å². The zero-order chi connectivity index (χ0) is 9.72. The first-order valence-corrected chi connectivity index (χ1v) is 5.84. The van der Waals surface area contributed by atoms with Crippen LogP contribution in [0.3, 0.4) is 0 Å². The van der Waals surface area contributed by atoms with Crippen molar-refractivity contribution in [2.24, 2.45) is 34.5 Å². The Bertz CT molecular complexity index is 383. The Labute approximate surface area is 84.6 Å². The summed E-state index contributed by atoms with van der Waals surface area (Å²) in [6, 6.07) is 0. The number of carbonyl (C=O) groups is 1. The van der Waals surface area contributed by atoms with Gasteiger partial charge in [0.1, 0.15) is 5.78 Å². The molecule has 4 rings (SSSR count). The second-order valence-electron chi connectivity index (χ2n) is 6.03. The van der Waals surface area contributed by atoms with Crippen LogP contribution >= 0.6 is 0 Å². The van der Waals surface area contributed by atoms with Crippen molar-refractivity contribution in [1.29, 1.82) is 0 Å². The molecule has 0 radical (unpaired) electrons. The Morgan fingerprint density at radius 2 is 2.29 bits per heavy atom. The minimum Gasteiger partial charge on any atom is -0.299 e. The number of ketones is 1. The van der Waals surface area contributed by atoms with Crippen LogP contribution in [0.1, 0.15) is 26.7 Å². The Hall–Kier alpha value is -0.590. The molecule has 3 saturated carbocycles. The third-order valence-corrected chi connectivity index (χ3v) is 6.14. The normalized spacial score (nSPS) is 67.1. The number of hydrogen-bond acceptors (Lipinski definition) is 1. The summed E-state index contributed by atoms with van der Waals surface area (Å²) < 4.78 is 0. The van der Waals surface area contributed by atoms with Crippen LogP contribution in [-0.2, 0) is 4.79 Å². The number of hydrogen-bond donors (Lipinski definition) is 0. The van der Waals surface area contributed by atoms with Crippen LogP contribution < -0.4 is 0 Å². The van der Waals surface area contributed by atoms with Crippen molar-refractivity contribution in [3.8, 4) is 0 Å². The highest BCUT2D eigenvalue weighted by Crippen LogP contribution is 2.89. The van der Waals surface area contributed by atoms with E-state index in [0.717, 1.165) is 5.92 Å². The van der Waals surface area contributed by atoms with Gasteiger partial charge in [-0.2, -0.15) is 0 Å². The summed E-state index contributed by atoms with van der Waals surface area (Å²) in [5.41, 5.74) is 0.818. The molecule has 0 aliphatic heterocycles. The molecule has 0 aromatic carbocycles. The molecule has 0 aromatic heterocycles. The standard InChI is InChI=1S/C13H16O/c1-7-9-6-8-4-3-5-13(8)11(10(7)14)12(9,13)2/h3-4,7-9,11H,5-6H2,1-2H3/t7?,8-,9+,11?,12+,13?/m0/s1. The zero-order valence-corrected chi connectivity index (χ0v) is 8.79. The van der Waals surface area contributed by atoms with E-state index in [1.54, 1.807) is 0 Å². The van der Waals surface area contributed by atoms with Crippen LogP contribution in [-0.4, -0.2) is 5.78 Å². The van der Waals surface area contributed by atoms with Gasteiger partial charge in [0.05, 0.1) is 0 Å². The predicted molar refractivity (Wildman–Crippen MR) is 53.6 cm³/mol. The molecule has 4 aliphatic rings. The van der Waals surface area contributed by atoms with Crippen LogP contribution in [0.4, 0.5) is 0 Å². The highest BCUT2D eigenvalue weighted by Gasteiger charge is 2.88. The van der Waals surface area contributed by atoms with Crippen molar-refractivity contribution in [1.82, 2.24) is 0 Å². The second kappa shape index (κ2) is 1.75. The van der Waals surface area contributed by atoms with Gasteiger partial charge in [-0.05, 0) is 35.5 Å². The number of Topliss-reactive ketones (excluding diaryl/α,β-unsaturated/α-hetero) is 1. The van der Waals surface area contributed by atoms with E-state index in [2.05, 4.69) is 26.0 Å². The summed E-state index contributed by atoms with van der Waals surface area (Å²) in [6.07, 6.45) is 7.19. The summed E-state index contributed by atoms with van der Waals surface area (Å²) in [5, 5.41) is 0. The van der Waals surface area contributed by atoms with Gasteiger partial charge < -0.3 is 0 Å². The molecule has 0 amide bonds. The quantitative estimate of drug-likeness (QED) is 0.533. The number of carbonyl (C=O) groups excluding carboxylic acids is 1. The van der Waals surface area contributed by atoms with E-state index in [1.807, 2.05) is 0 Å². The summed E-state index contributed by atoms with van der Waals surface area (Å²) >= 11 is 0. The maximum atomic E-state index is 12.1. The van der Waals surface area contributed by atoms with E-state index in [-0.39, 0.29) is 0 Å². The molecule has 1 spiro atoms. The van der Waals surface area contributed by atoms with Crippen LogP contribution in [0.5, 0.6) is 0 Å². The van der Waals surface area contributed by atoms with Gasteiger partial charge in [0.15, 0.2) is 0 Å². The van der Waals surface area contributed by atoms with E-state index in [9.17, 15) is 4.79 Å². The fourth-order valence-corrected chi connectivity index (χ4v) is 5.55. The Morgan fingerprint density at radius 3 is 3.00 bits per heavy atom. The minimum atomic E-state index is 0.356. The van der Waals surface area contributed by atoms with Crippen LogP contribution in [0.15, 0.2) is 12.2 Å². The van der Waals surface area contributed by atoms with Gasteiger partial charge >= 0.3 is 0 Å². The lowest BCUT2D eigenvalue weighted by Crippen LogP contribution is -2.21. The Morgan fingerprint density at radius 1 is 1.50 bits per heavy atom. The topological polar surface area (TPSA) is 17.1 Å². The lowest BCUT2D eigenvalue weighted by atomic mass is 9.82. The maximum absolute atomic E-state index is 12.1. The summed E-state index contributed by atoms with van der Waals surface area (Å²) in [4.78, 5) is 12.1. The predicted octanol–water partition coefficient (Wildman–Crippen LogP) is 2.42. The molecule has 6 atom stereocenters.